The van der Waals surface area contributed by atoms with E-state index in [0.29, 0.717) is 23.7 Å². The average molecular weight is 299 g/mol. The number of nitrogens with zero attached hydrogens (tertiary/aromatic N) is 1. The zero-order valence-electron chi connectivity index (χ0n) is 12.3. The molecule has 0 bridgehead atoms. The van der Waals surface area contributed by atoms with Crippen molar-refractivity contribution in [3.8, 4) is 23.0 Å². The van der Waals surface area contributed by atoms with Crippen molar-refractivity contribution in [2.45, 2.75) is 13.3 Å². The van der Waals surface area contributed by atoms with Crippen molar-refractivity contribution in [2.75, 3.05) is 13.4 Å². The number of phenols is 1. The van der Waals surface area contributed by atoms with Crippen LogP contribution < -0.4 is 14.2 Å². The number of hydrogen-bond donors (Lipinski definition) is 1. The van der Waals surface area contributed by atoms with Gasteiger partial charge in [0.15, 0.2) is 11.5 Å². The molecular formula is C17H17NO4. The van der Waals surface area contributed by atoms with Gasteiger partial charge in [0.2, 0.25) is 6.79 Å². The molecule has 0 atom stereocenters. The lowest BCUT2D eigenvalue weighted by Gasteiger charge is -2.06. The van der Waals surface area contributed by atoms with Crippen LogP contribution in [0.1, 0.15) is 18.9 Å². The molecule has 0 aromatic heterocycles. The normalized spacial score (nSPS) is 12.8. The summed E-state index contributed by atoms with van der Waals surface area (Å²) in [5.41, 5.74) is 1.36. The number of benzene rings is 2. The Balaban J connectivity index is 1.75. The summed E-state index contributed by atoms with van der Waals surface area (Å²) >= 11 is 0. The summed E-state index contributed by atoms with van der Waals surface area (Å²) in [6.45, 7) is 2.90. The van der Waals surface area contributed by atoms with Crippen LogP contribution in [-0.4, -0.2) is 24.7 Å². The second-order valence-corrected chi connectivity index (χ2v) is 4.86. The summed E-state index contributed by atoms with van der Waals surface area (Å²) in [7, 11) is 0. The van der Waals surface area contributed by atoms with Crippen molar-refractivity contribution >= 4 is 11.9 Å². The number of hydrogen-bond acceptors (Lipinski definition) is 5. The lowest BCUT2D eigenvalue weighted by molar-refractivity contribution is 0.174. The van der Waals surface area contributed by atoms with Crippen LogP contribution >= 0.6 is 0 Å². The van der Waals surface area contributed by atoms with E-state index in [-0.39, 0.29) is 12.5 Å². The fourth-order valence-corrected chi connectivity index (χ4v) is 2.05. The minimum Gasteiger partial charge on any atom is -0.507 e. The minimum absolute atomic E-state index is 0.137. The molecule has 22 heavy (non-hydrogen) atoms. The zero-order valence-corrected chi connectivity index (χ0v) is 12.3. The van der Waals surface area contributed by atoms with Gasteiger partial charge >= 0.3 is 0 Å². The fraction of sp³-hybridized carbons (Fsp3) is 0.235. The standard InChI is InChI=1S/C17H17NO4/c1-2-7-20-14-5-3-12(15(19)9-14)10-18-13-4-6-16-17(8-13)22-11-21-16/h3-6,8-10,19H,2,7,11H2,1H3. The molecule has 3 rings (SSSR count). The quantitative estimate of drug-likeness (QED) is 0.856. The van der Waals surface area contributed by atoms with Crippen molar-refractivity contribution in [1.82, 2.24) is 0 Å². The topological polar surface area (TPSA) is 60.3 Å². The minimum atomic E-state index is 0.137. The summed E-state index contributed by atoms with van der Waals surface area (Å²) < 4.78 is 16.0. The third-order valence-corrected chi connectivity index (χ3v) is 3.18. The van der Waals surface area contributed by atoms with Crippen LogP contribution in [0.2, 0.25) is 0 Å². The van der Waals surface area contributed by atoms with Crippen LogP contribution in [0.4, 0.5) is 5.69 Å². The molecule has 1 heterocycles. The van der Waals surface area contributed by atoms with Crippen molar-refractivity contribution in [2.24, 2.45) is 4.99 Å². The number of ether oxygens (including phenoxy) is 3. The van der Waals surface area contributed by atoms with Crippen molar-refractivity contribution < 1.29 is 19.3 Å². The maximum atomic E-state index is 10.0. The Kier molecular flexibility index (Phi) is 4.14. The SMILES string of the molecule is CCCOc1ccc(C=Nc2ccc3c(c2)OCO3)c(O)c1. The maximum Gasteiger partial charge on any atom is 0.231 e. The molecule has 5 heteroatoms. The van der Waals surface area contributed by atoms with Crippen LogP contribution in [0.3, 0.4) is 0 Å². The number of fused-ring (bicyclic) bond motifs is 1. The van der Waals surface area contributed by atoms with Gasteiger partial charge in [-0.05, 0) is 30.7 Å². The Labute approximate surface area is 128 Å². The molecule has 2 aromatic carbocycles. The first-order chi connectivity index (χ1) is 10.8. The first-order valence-electron chi connectivity index (χ1n) is 7.16. The molecule has 0 fully saturated rings. The van der Waals surface area contributed by atoms with Gasteiger partial charge < -0.3 is 19.3 Å². The zero-order chi connectivity index (χ0) is 15.4. The lowest BCUT2D eigenvalue weighted by atomic mass is 10.2. The molecule has 1 N–H and O–H groups in total. The van der Waals surface area contributed by atoms with Crippen molar-refractivity contribution in [1.29, 1.82) is 0 Å². The van der Waals surface area contributed by atoms with E-state index in [2.05, 4.69) is 4.99 Å². The highest BCUT2D eigenvalue weighted by Crippen LogP contribution is 2.35. The van der Waals surface area contributed by atoms with Gasteiger partial charge in [0.25, 0.3) is 0 Å². The third kappa shape index (κ3) is 3.14. The molecule has 5 nitrogen and oxygen atoms in total. The molecule has 0 saturated carbocycles. The van der Waals surface area contributed by atoms with E-state index in [4.69, 9.17) is 14.2 Å². The summed E-state index contributed by atoms with van der Waals surface area (Å²) in [6, 6.07) is 10.6. The number of aliphatic imine (C=N–C) groups is 1. The Hall–Kier alpha value is -2.69. The molecule has 0 aliphatic carbocycles. The van der Waals surface area contributed by atoms with E-state index in [0.717, 1.165) is 17.9 Å². The molecular weight excluding hydrogens is 282 g/mol. The van der Waals surface area contributed by atoms with E-state index >= 15 is 0 Å². The van der Waals surface area contributed by atoms with Crippen LogP contribution in [0.5, 0.6) is 23.0 Å². The fourth-order valence-electron chi connectivity index (χ4n) is 2.05. The van der Waals surface area contributed by atoms with E-state index in [1.807, 2.05) is 25.1 Å². The highest BCUT2D eigenvalue weighted by atomic mass is 16.7. The van der Waals surface area contributed by atoms with Crippen LogP contribution in [0.25, 0.3) is 0 Å². The van der Waals surface area contributed by atoms with Crippen LogP contribution in [0.15, 0.2) is 41.4 Å². The van der Waals surface area contributed by atoms with Gasteiger partial charge in [-0.3, -0.25) is 4.99 Å². The molecule has 114 valence electrons. The van der Waals surface area contributed by atoms with Crippen molar-refractivity contribution in [3.05, 3.63) is 42.0 Å². The highest BCUT2D eigenvalue weighted by molar-refractivity contribution is 5.85. The maximum absolute atomic E-state index is 10.0. The Morgan fingerprint density at radius 3 is 2.86 bits per heavy atom. The number of rotatable bonds is 5. The molecule has 0 radical (unpaired) electrons. The molecule has 2 aromatic rings. The average Bonchev–Trinajstić information content (AvgIpc) is 2.99. The molecule has 0 spiro atoms. The molecule has 1 aliphatic heterocycles. The van der Waals surface area contributed by atoms with E-state index in [9.17, 15) is 5.11 Å². The smallest absolute Gasteiger partial charge is 0.231 e. The number of phenolic OH excluding ortho intramolecular Hbond substituents is 1. The Bertz CT molecular complexity index is 697. The van der Waals surface area contributed by atoms with Gasteiger partial charge in [0.05, 0.1) is 12.3 Å². The molecule has 0 amide bonds. The predicted molar refractivity (Wildman–Crippen MR) is 83.7 cm³/mol. The van der Waals surface area contributed by atoms with Gasteiger partial charge in [-0.2, -0.15) is 0 Å². The summed E-state index contributed by atoms with van der Waals surface area (Å²) in [5, 5.41) is 10.0. The van der Waals surface area contributed by atoms with Gasteiger partial charge in [0.1, 0.15) is 11.5 Å². The number of aromatic hydroxyl groups is 1. The summed E-state index contributed by atoms with van der Waals surface area (Å²) in [5.74, 6) is 2.19. The van der Waals surface area contributed by atoms with Crippen molar-refractivity contribution in [3.63, 3.8) is 0 Å². The monoisotopic (exact) mass is 299 g/mol. The third-order valence-electron chi connectivity index (χ3n) is 3.18. The predicted octanol–water partition coefficient (Wildman–Crippen LogP) is 3.66. The Morgan fingerprint density at radius 1 is 1.18 bits per heavy atom. The Morgan fingerprint density at radius 2 is 2.05 bits per heavy atom. The lowest BCUT2D eigenvalue weighted by Crippen LogP contribution is -1.95. The van der Waals surface area contributed by atoms with E-state index in [1.165, 1.54) is 0 Å². The van der Waals surface area contributed by atoms with E-state index < -0.39 is 0 Å². The van der Waals surface area contributed by atoms with Crippen LogP contribution in [0, 0.1) is 0 Å². The summed E-state index contributed by atoms with van der Waals surface area (Å²) in [6.07, 6.45) is 2.53. The van der Waals surface area contributed by atoms with Gasteiger partial charge in [-0.15, -0.1) is 0 Å². The molecule has 0 unspecified atom stereocenters. The van der Waals surface area contributed by atoms with Gasteiger partial charge in [-0.25, -0.2) is 0 Å². The first-order valence-corrected chi connectivity index (χ1v) is 7.16. The summed E-state index contributed by atoms with van der Waals surface area (Å²) in [4.78, 5) is 4.35. The molecule has 0 saturated heterocycles. The molecule has 1 aliphatic rings. The second-order valence-electron chi connectivity index (χ2n) is 4.86. The second kappa shape index (κ2) is 6.39. The highest BCUT2D eigenvalue weighted by Gasteiger charge is 2.12. The van der Waals surface area contributed by atoms with Crippen LogP contribution in [-0.2, 0) is 0 Å². The first kappa shape index (κ1) is 14.3. The van der Waals surface area contributed by atoms with E-state index in [1.54, 1.807) is 24.4 Å². The van der Waals surface area contributed by atoms with Gasteiger partial charge in [0, 0.05) is 23.9 Å². The van der Waals surface area contributed by atoms with Gasteiger partial charge in [-0.1, -0.05) is 6.92 Å². The largest absolute Gasteiger partial charge is 0.507 e.